The van der Waals surface area contributed by atoms with Gasteiger partial charge in [0.2, 0.25) is 5.60 Å². The molecule has 5 nitrogen and oxygen atoms in total. The molecule has 1 atom stereocenters. The van der Waals surface area contributed by atoms with Crippen LogP contribution in [0.15, 0.2) is 59.8 Å². The monoisotopic (exact) mass is 324 g/mol. The van der Waals surface area contributed by atoms with Crippen LogP contribution >= 0.6 is 0 Å². The van der Waals surface area contributed by atoms with E-state index in [1.807, 2.05) is 54.6 Å². The summed E-state index contributed by atoms with van der Waals surface area (Å²) in [5, 5.41) is 7.03. The smallest absolute Gasteiger partial charge is 0.267 e. The first-order chi connectivity index (χ1) is 11.6. The molecule has 2 aromatic carbocycles. The van der Waals surface area contributed by atoms with Crippen LogP contribution in [0.3, 0.4) is 0 Å². The molecule has 1 heterocycles. The molecule has 0 aliphatic carbocycles. The van der Waals surface area contributed by atoms with Crippen LogP contribution in [-0.2, 0) is 16.2 Å². The number of carbonyl (C=O) groups is 1. The van der Waals surface area contributed by atoms with Crippen LogP contribution in [0.1, 0.15) is 24.5 Å². The van der Waals surface area contributed by atoms with Crippen LogP contribution in [0.5, 0.6) is 5.75 Å². The Hall–Kier alpha value is -2.82. The summed E-state index contributed by atoms with van der Waals surface area (Å²) < 4.78 is 5.35. The first-order valence-electron chi connectivity index (χ1n) is 7.83. The Morgan fingerprint density at radius 3 is 2.67 bits per heavy atom. The number of rotatable bonds is 5. The van der Waals surface area contributed by atoms with Crippen LogP contribution in [0.2, 0.25) is 0 Å². The summed E-state index contributed by atoms with van der Waals surface area (Å²) in [4.78, 5) is 18.0. The zero-order valence-electron chi connectivity index (χ0n) is 13.8. The van der Waals surface area contributed by atoms with E-state index in [2.05, 4.69) is 10.5 Å². The minimum atomic E-state index is -1.01. The quantitative estimate of drug-likeness (QED) is 0.920. The number of benzene rings is 2. The van der Waals surface area contributed by atoms with Crippen molar-refractivity contribution in [1.29, 1.82) is 0 Å². The van der Waals surface area contributed by atoms with Gasteiger partial charge >= 0.3 is 0 Å². The maximum Gasteiger partial charge on any atom is 0.267 e. The zero-order valence-corrected chi connectivity index (χ0v) is 13.8. The topological polar surface area (TPSA) is 59.9 Å². The molecule has 0 unspecified atom stereocenters. The lowest BCUT2D eigenvalue weighted by Gasteiger charge is -2.20. The van der Waals surface area contributed by atoms with E-state index >= 15 is 0 Å². The average Bonchev–Trinajstić information content (AvgIpc) is 3.04. The van der Waals surface area contributed by atoms with Gasteiger partial charge in [-0.2, -0.15) is 0 Å². The van der Waals surface area contributed by atoms with Crippen molar-refractivity contribution in [3.63, 3.8) is 0 Å². The summed E-state index contributed by atoms with van der Waals surface area (Å²) >= 11 is 0. The predicted octanol–water partition coefficient (Wildman–Crippen LogP) is 2.89. The second-order valence-electron chi connectivity index (χ2n) is 5.91. The number of oxime groups is 1. The van der Waals surface area contributed by atoms with Gasteiger partial charge in [0, 0.05) is 18.5 Å². The van der Waals surface area contributed by atoms with E-state index in [-0.39, 0.29) is 5.91 Å². The second kappa shape index (κ2) is 6.74. The van der Waals surface area contributed by atoms with Gasteiger partial charge in [-0.25, -0.2) is 0 Å². The molecule has 3 rings (SSSR count). The van der Waals surface area contributed by atoms with Gasteiger partial charge in [-0.3, -0.25) is 4.79 Å². The molecule has 2 aromatic rings. The second-order valence-corrected chi connectivity index (χ2v) is 5.91. The van der Waals surface area contributed by atoms with Crippen LogP contribution in [0.4, 0.5) is 0 Å². The van der Waals surface area contributed by atoms with Gasteiger partial charge in [0.15, 0.2) is 0 Å². The van der Waals surface area contributed by atoms with Crippen molar-refractivity contribution in [1.82, 2.24) is 5.32 Å². The fourth-order valence-corrected chi connectivity index (χ4v) is 2.65. The molecule has 124 valence electrons. The lowest BCUT2D eigenvalue weighted by molar-refractivity contribution is -0.141. The number of para-hydroxylation sites is 1. The minimum Gasteiger partial charge on any atom is -0.496 e. The third-order valence-electron chi connectivity index (χ3n) is 4.06. The molecule has 0 saturated heterocycles. The highest BCUT2D eigenvalue weighted by atomic mass is 16.7. The molecule has 0 radical (unpaired) electrons. The van der Waals surface area contributed by atoms with E-state index in [4.69, 9.17) is 9.57 Å². The molecular formula is C19H20N2O3. The van der Waals surface area contributed by atoms with Crippen LogP contribution < -0.4 is 10.1 Å². The molecule has 0 bridgehead atoms. The van der Waals surface area contributed by atoms with E-state index < -0.39 is 5.60 Å². The Kier molecular flexibility index (Phi) is 4.51. The van der Waals surface area contributed by atoms with Gasteiger partial charge in [0.25, 0.3) is 5.91 Å². The van der Waals surface area contributed by atoms with Gasteiger partial charge in [-0.15, -0.1) is 0 Å². The fourth-order valence-electron chi connectivity index (χ4n) is 2.65. The molecule has 24 heavy (non-hydrogen) atoms. The number of amides is 1. The normalized spacial score (nSPS) is 19.3. The Morgan fingerprint density at radius 2 is 1.92 bits per heavy atom. The van der Waals surface area contributed by atoms with E-state index in [9.17, 15) is 4.79 Å². The van der Waals surface area contributed by atoms with Crippen molar-refractivity contribution >= 4 is 11.6 Å². The lowest BCUT2D eigenvalue weighted by atomic mass is 9.94. The van der Waals surface area contributed by atoms with Crippen molar-refractivity contribution < 1.29 is 14.4 Å². The first-order valence-corrected chi connectivity index (χ1v) is 7.83. The Morgan fingerprint density at radius 1 is 1.21 bits per heavy atom. The molecule has 1 amide bonds. The van der Waals surface area contributed by atoms with Crippen molar-refractivity contribution in [3.05, 3.63) is 65.7 Å². The number of nitrogens with one attached hydrogen (secondary N) is 1. The zero-order chi connectivity index (χ0) is 17.0. The minimum absolute atomic E-state index is 0.181. The average molecular weight is 324 g/mol. The molecule has 1 N–H and O–H groups in total. The third-order valence-corrected chi connectivity index (χ3v) is 4.06. The number of hydrogen-bond donors (Lipinski definition) is 1. The van der Waals surface area contributed by atoms with Crippen molar-refractivity contribution in [3.8, 4) is 5.75 Å². The molecule has 0 spiro atoms. The molecule has 1 aliphatic heterocycles. The molecular weight excluding hydrogens is 304 g/mol. The van der Waals surface area contributed by atoms with E-state index in [1.165, 1.54) is 0 Å². The van der Waals surface area contributed by atoms with Crippen LogP contribution in [0.25, 0.3) is 0 Å². The lowest BCUT2D eigenvalue weighted by Crippen LogP contribution is -2.44. The third kappa shape index (κ3) is 3.25. The number of hydrogen-bond acceptors (Lipinski definition) is 4. The summed E-state index contributed by atoms with van der Waals surface area (Å²) in [7, 11) is 1.61. The van der Waals surface area contributed by atoms with Crippen molar-refractivity contribution in [2.45, 2.75) is 25.5 Å². The fraction of sp³-hybridized carbons (Fsp3) is 0.263. The maximum absolute atomic E-state index is 12.5. The van der Waals surface area contributed by atoms with Crippen molar-refractivity contribution in [2.75, 3.05) is 7.11 Å². The first kappa shape index (κ1) is 16.1. The van der Waals surface area contributed by atoms with E-state index in [1.54, 1.807) is 14.0 Å². The number of carbonyl (C=O) groups excluding carboxylic acids is 1. The molecule has 0 saturated carbocycles. The number of methoxy groups -OCH3 is 1. The van der Waals surface area contributed by atoms with Crippen LogP contribution in [0, 0.1) is 0 Å². The summed E-state index contributed by atoms with van der Waals surface area (Å²) in [5.74, 6) is 0.536. The summed E-state index contributed by atoms with van der Waals surface area (Å²) in [6, 6.07) is 17.3. The predicted molar refractivity (Wildman–Crippen MR) is 91.9 cm³/mol. The number of ether oxygens (including phenoxy) is 1. The van der Waals surface area contributed by atoms with Gasteiger partial charge in [0.05, 0.1) is 12.8 Å². The SMILES string of the molecule is COc1ccccc1C1=NO[C@@](C)(C(=O)NCc2ccccc2)C1. The standard InChI is InChI=1S/C19H20N2O3/c1-19(18(22)20-13-14-8-4-3-5-9-14)12-16(21-24-19)15-10-6-7-11-17(15)23-2/h3-11H,12-13H2,1-2H3,(H,20,22)/t19-/m1/s1. The Bertz CT molecular complexity index is 758. The van der Waals surface area contributed by atoms with Gasteiger partial charge in [-0.05, 0) is 24.6 Å². The Labute approximate surface area is 141 Å². The summed E-state index contributed by atoms with van der Waals surface area (Å²) in [6.45, 7) is 2.21. The highest BCUT2D eigenvalue weighted by Crippen LogP contribution is 2.30. The number of nitrogens with zero attached hydrogens (tertiary/aromatic N) is 1. The molecule has 0 aromatic heterocycles. The van der Waals surface area contributed by atoms with Gasteiger partial charge in [0.1, 0.15) is 5.75 Å². The summed E-state index contributed by atoms with van der Waals surface area (Å²) in [6.07, 6.45) is 0.397. The molecule has 0 fully saturated rings. The summed E-state index contributed by atoms with van der Waals surface area (Å²) in [5.41, 5.74) is 1.59. The highest BCUT2D eigenvalue weighted by Gasteiger charge is 2.42. The maximum atomic E-state index is 12.5. The van der Waals surface area contributed by atoms with Gasteiger partial charge in [-0.1, -0.05) is 47.6 Å². The van der Waals surface area contributed by atoms with E-state index in [0.717, 1.165) is 11.1 Å². The largest absolute Gasteiger partial charge is 0.496 e. The van der Waals surface area contributed by atoms with Gasteiger partial charge < -0.3 is 14.9 Å². The highest BCUT2D eigenvalue weighted by molar-refractivity contribution is 6.07. The van der Waals surface area contributed by atoms with Crippen molar-refractivity contribution in [2.24, 2.45) is 5.16 Å². The van der Waals surface area contributed by atoms with E-state index in [0.29, 0.717) is 24.4 Å². The Balaban J connectivity index is 1.67. The van der Waals surface area contributed by atoms with Crippen LogP contribution in [-0.4, -0.2) is 24.3 Å². The molecule has 1 aliphatic rings. The molecule has 5 heteroatoms.